The van der Waals surface area contributed by atoms with Crippen molar-refractivity contribution >= 4 is 12.0 Å². The van der Waals surface area contributed by atoms with Gasteiger partial charge >= 0.3 is 5.97 Å². The molecule has 0 amide bonds. The fourth-order valence-corrected chi connectivity index (χ4v) is 1.97. The predicted molar refractivity (Wildman–Crippen MR) is 73.8 cm³/mol. The van der Waals surface area contributed by atoms with E-state index in [0.717, 1.165) is 0 Å². The molecule has 0 atom stereocenters. The van der Waals surface area contributed by atoms with E-state index in [1.807, 2.05) is 25.1 Å². The topological polar surface area (TPSA) is 57.7 Å². The molecule has 0 aromatic carbocycles. The van der Waals surface area contributed by atoms with Crippen molar-refractivity contribution < 1.29 is 19.0 Å². The first-order valence-corrected chi connectivity index (χ1v) is 6.66. The van der Waals surface area contributed by atoms with E-state index in [-0.39, 0.29) is 5.97 Å². The maximum atomic E-state index is 11.6. The van der Waals surface area contributed by atoms with Gasteiger partial charge in [0.15, 0.2) is 0 Å². The molecule has 0 aliphatic carbocycles. The van der Waals surface area contributed by atoms with E-state index in [0.29, 0.717) is 36.8 Å². The smallest absolute Gasteiger partial charge is 0.333 e. The van der Waals surface area contributed by atoms with Gasteiger partial charge in [0.1, 0.15) is 0 Å². The number of pyridine rings is 1. The second kappa shape index (κ2) is 6.15. The van der Waals surface area contributed by atoms with Crippen molar-refractivity contribution in [2.75, 3.05) is 19.8 Å². The summed E-state index contributed by atoms with van der Waals surface area (Å²) in [6, 6.07) is 5.54. The molecule has 2 rings (SSSR count). The number of carbonyl (C=O) groups excluding carboxylic acids is 1. The summed E-state index contributed by atoms with van der Waals surface area (Å²) in [5, 5.41) is 0. The standard InChI is InChI=1S/C15H19NO4/c1-4-18-14(17)11(2)10-12-6-5-7-13(16-12)15(3)19-8-9-20-15/h5-7,10H,4,8-9H2,1-3H3. The van der Waals surface area contributed by atoms with Crippen molar-refractivity contribution in [1.82, 2.24) is 4.98 Å². The zero-order valence-corrected chi connectivity index (χ0v) is 12.0. The van der Waals surface area contributed by atoms with E-state index in [1.165, 1.54) is 0 Å². The fraction of sp³-hybridized carbons (Fsp3) is 0.467. The summed E-state index contributed by atoms with van der Waals surface area (Å²) in [6.45, 7) is 6.79. The number of hydrogen-bond donors (Lipinski definition) is 0. The first kappa shape index (κ1) is 14.7. The van der Waals surface area contributed by atoms with E-state index < -0.39 is 5.79 Å². The molecule has 0 N–H and O–H groups in total. The molecular weight excluding hydrogens is 258 g/mol. The van der Waals surface area contributed by atoms with Gasteiger partial charge in [0.2, 0.25) is 5.79 Å². The van der Waals surface area contributed by atoms with Crippen molar-refractivity contribution in [1.29, 1.82) is 0 Å². The number of ether oxygens (including phenoxy) is 3. The van der Waals surface area contributed by atoms with E-state index in [4.69, 9.17) is 14.2 Å². The van der Waals surface area contributed by atoms with Gasteiger partial charge in [-0.25, -0.2) is 9.78 Å². The van der Waals surface area contributed by atoms with Crippen LogP contribution in [0.25, 0.3) is 6.08 Å². The van der Waals surface area contributed by atoms with Crippen LogP contribution in [-0.2, 0) is 24.8 Å². The second-order valence-corrected chi connectivity index (χ2v) is 4.64. The molecule has 1 saturated heterocycles. The van der Waals surface area contributed by atoms with Crippen molar-refractivity contribution in [3.8, 4) is 0 Å². The largest absolute Gasteiger partial charge is 0.463 e. The van der Waals surface area contributed by atoms with Gasteiger partial charge in [-0.1, -0.05) is 6.07 Å². The number of aromatic nitrogens is 1. The molecule has 0 spiro atoms. The normalized spacial score (nSPS) is 18.1. The maximum absolute atomic E-state index is 11.6. The number of esters is 1. The lowest BCUT2D eigenvalue weighted by atomic mass is 10.1. The van der Waals surface area contributed by atoms with Gasteiger partial charge in [0, 0.05) is 5.57 Å². The average molecular weight is 277 g/mol. The van der Waals surface area contributed by atoms with Gasteiger partial charge in [-0.3, -0.25) is 0 Å². The molecule has 1 fully saturated rings. The van der Waals surface area contributed by atoms with Crippen LogP contribution in [0.2, 0.25) is 0 Å². The number of hydrogen-bond acceptors (Lipinski definition) is 5. The number of rotatable bonds is 4. The van der Waals surface area contributed by atoms with Crippen LogP contribution in [-0.4, -0.2) is 30.8 Å². The number of carbonyl (C=O) groups is 1. The SMILES string of the molecule is CCOC(=O)C(C)=Cc1cccc(C2(C)OCCO2)n1. The highest BCUT2D eigenvalue weighted by molar-refractivity contribution is 5.92. The molecule has 0 unspecified atom stereocenters. The van der Waals surface area contributed by atoms with E-state index in [9.17, 15) is 4.79 Å². The van der Waals surface area contributed by atoms with Crippen molar-refractivity contribution in [3.63, 3.8) is 0 Å². The van der Waals surface area contributed by atoms with E-state index in [1.54, 1.807) is 19.9 Å². The highest BCUT2D eigenvalue weighted by Crippen LogP contribution is 2.29. The van der Waals surface area contributed by atoms with Gasteiger partial charge in [-0.05, 0) is 39.0 Å². The van der Waals surface area contributed by atoms with Crippen LogP contribution < -0.4 is 0 Å². The second-order valence-electron chi connectivity index (χ2n) is 4.64. The van der Waals surface area contributed by atoms with Crippen LogP contribution >= 0.6 is 0 Å². The Balaban J connectivity index is 2.22. The van der Waals surface area contributed by atoms with Crippen LogP contribution in [0.5, 0.6) is 0 Å². The summed E-state index contributed by atoms with van der Waals surface area (Å²) in [5.41, 5.74) is 1.88. The van der Waals surface area contributed by atoms with Gasteiger partial charge in [0.25, 0.3) is 0 Å². The third-order valence-electron chi connectivity index (χ3n) is 3.04. The molecule has 2 heterocycles. The first-order valence-electron chi connectivity index (χ1n) is 6.66. The molecule has 5 nitrogen and oxygen atoms in total. The average Bonchev–Trinajstić information content (AvgIpc) is 2.87. The van der Waals surface area contributed by atoms with Gasteiger partial charge in [-0.2, -0.15) is 0 Å². The molecule has 1 aliphatic rings. The third-order valence-corrected chi connectivity index (χ3v) is 3.04. The lowest BCUT2D eigenvalue weighted by molar-refractivity contribution is -0.152. The molecule has 5 heteroatoms. The molecule has 20 heavy (non-hydrogen) atoms. The molecule has 108 valence electrons. The fourth-order valence-electron chi connectivity index (χ4n) is 1.97. The molecule has 1 aromatic rings. The van der Waals surface area contributed by atoms with Crippen molar-refractivity contribution in [2.45, 2.75) is 26.6 Å². The zero-order valence-electron chi connectivity index (χ0n) is 12.0. The highest BCUT2D eigenvalue weighted by Gasteiger charge is 2.34. The van der Waals surface area contributed by atoms with Gasteiger partial charge < -0.3 is 14.2 Å². The lowest BCUT2D eigenvalue weighted by Crippen LogP contribution is -2.24. The summed E-state index contributed by atoms with van der Waals surface area (Å²) in [4.78, 5) is 16.1. The molecule has 0 radical (unpaired) electrons. The van der Waals surface area contributed by atoms with Crippen LogP contribution in [0.4, 0.5) is 0 Å². The highest BCUT2D eigenvalue weighted by atomic mass is 16.7. The van der Waals surface area contributed by atoms with Gasteiger partial charge in [-0.15, -0.1) is 0 Å². The minimum absolute atomic E-state index is 0.334. The number of nitrogens with zero attached hydrogens (tertiary/aromatic N) is 1. The first-order chi connectivity index (χ1) is 9.55. The summed E-state index contributed by atoms with van der Waals surface area (Å²) >= 11 is 0. The Labute approximate surface area is 118 Å². The van der Waals surface area contributed by atoms with Crippen molar-refractivity contribution in [2.24, 2.45) is 0 Å². The van der Waals surface area contributed by atoms with Crippen LogP contribution in [0.3, 0.4) is 0 Å². The van der Waals surface area contributed by atoms with Crippen LogP contribution in [0.1, 0.15) is 32.2 Å². The van der Waals surface area contributed by atoms with Crippen LogP contribution in [0.15, 0.2) is 23.8 Å². The van der Waals surface area contributed by atoms with Crippen LogP contribution in [0, 0.1) is 0 Å². The Morgan fingerprint density at radius 3 is 2.80 bits per heavy atom. The lowest BCUT2D eigenvalue weighted by Gasteiger charge is -2.21. The third kappa shape index (κ3) is 3.23. The minimum atomic E-state index is -0.804. The Kier molecular flexibility index (Phi) is 4.52. The monoisotopic (exact) mass is 277 g/mol. The summed E-state index contributed by atoms with van der Waals surface area (Å²) in [5.74, 6) is -1.14. The van der Waals surface area contributed by atoms with E-state index >= 15 is 0 Å². The Morgan fingerprint density at radius 2 is 2.15 bits per heavy atom. The van der Waals surface area contributed by atoms with Crippen molar-refractivity contribution in [3.05, 3.63) is 35.2 Å². The molecule has 1 aliphatic heterocycles. The molecule has 1 aromatic heterocycles. The summed E-state index contributed by atoms with van der Waals surface area (Å²) in [6.07, 6.45) is 1.69. The Morgan fingerprint density at radius 1 is 1.45 bits per heavy atom. The predicted octanol–water partition coefficient (Wildman–Crippen LogP) is 2.27. The molecule has 0 bridgehead atoms. The van der Waals surface area contributed by atoms with Gasteiger partial charge in [0.05, 0.1) is 31.2 Å². The Bertz CT molecular complexity index is 518. The quantitative estimate of drug-likeness (QED) is 0.624. The summed E-state index contributed by atoms with van der Waals surface area (Å²) < 4.78 is 16.1. The van der Waals surface area contributed by atoms with E-state index in [2.05, 4.69) is 4.98 Å². The Hall–Kier alpha value is -1.72. The minimum Gasteiger partial charge on any atom is -0.463 e. The molecular formula is C15H19NO4. The molecule has 0 saturated carbocycles. The maximum Gasteiger partial charge on any atom is 0.333 e. The zero-order chi connectivity index (χ0) is 14.6. The summed E-state index contributed by atoms with van der Waals surface area (Å²) in [7, 11) is 0.